The van der Waals surface area contributed by atoms with Gasteiger partial charge in [-0.15, -0.1) is 0 Å². The first-order chi connectivity index (χ1) is 8.84. The van der Waals surface area contributed by atoms with Crippen LogP contribution in [0, 0.1) is 0 Å². The third-order valence-electron chi connectivity index (χ3n) is 3.54. The van der Waals surface area contributed by atoms with Crippen LogP contribution in [-0.4, -0.2) is 13.6 Å². The number of rotatable bonds is 10. The van der Waals surface area contributed by atoms with Crippen molar-refractivity contribution >= 4 is 5.69 Å². The Morgan fingerprint density at radius 3 is 1.94 bits per heavy atom. The molecule has 0 amide bonds. The normalized spacial score (nSPS) is 10.6. The molecule has 0 saturated carbocycles. The molecule has 0 aromatic heterocycles. The van der Waals surface area contributed by atoms with Gasteiger partial charge in [0, 0.05) is 19.3 Å². The van der Waals surface area contributed by atoms with E-state index >= 15 is 0 Å². The van der Waals surface area contributed by atoms with Gasteiger partial charge in [0.05, 0.1) is 0 Å². The molecular formula is C17H29N. The van der Waals surface area contributed by atoms with Crippen LogP contribution in [-0.2, 0) is 0 Å². The maximum Gasteiger partial charge on any atom is 0.0363 e. The number of para-hydroxylation sites is 1. The molecule has 0 aliphatic heterocycles. The largest absolute Gasteiger partial charge is 0.375 e. The number of unbranched alkanes of at least 4 members (excludes halogenated alkanes) is 7. The van der Waals surface area contributed by atoms with Gasteiger partial charge in [0.25, 0.3) is 0 Å². The zero-order valence-corrected chi connectivity index (χ0v) is 12.2. The average Bonchev–Trinajstić information content (AvgIpc) is 2.42. The molecule has 0 saturated heterocycles. The van der Waals surface area contributed by atoms with Crippen LogP contribution in [0.5, 0.6) is 0 Å². The third kappa shape index (κ3) is 6.68. The molecule has 0 heterocycles. The minimum atomic E-state index is 1.18. The van der Waals surface area contributed by atoms with Gasteiger partial charge < -0.3 is 4.90 Å². The van der Waals surface area contributed by atoms with Gasteiger partial charge in [0.2, 0.25) is 0 Å². The summed E-state index contributed by atoms with van der Waals surface area (Å²) in [5.41, 5.74) is 1.33. The number of anilines is 1. The van der Waals surface area contributed by atoms with Gasteiger partial charge in [-0.3, -0.25) is 0 Å². The van der Waals surface area contributed by atoms with E-state index in [1.54, 1.807) is 0 Å². The Kier molecular flexibility index (Phi) is 8.37. The van der Waals surface area contributed by atoms with Gasteiger partial charge in [-0.2, -0.15) is 0 Å². The molecule has 0 atom stereocenters. The molecule has 1 heteroatoms. The molecule has 1 nitrogen and oxygen atoms in total. The summed E-state index contributed by atoms with van der Waals surface area (Å²) in [7, 11) is 2.19. The predicted molar refractivity (Wildman–Crippen MR) is 82.3 cm³/mol. The summed E-state index contributed by atoms with van der Waals surface area (Å²) in [6.45, 7) is 3.46. The number of hydrogen-bond acceptors (Lipinski definition) is 1. The van der Waals surface area contributed by atoms with E-state index in [0.717, 1.165) is 0 Å². The van der Waals surface area contributed by atoms with E-state index in [9.17, 15) is 0 Å². The van der Waals surface area contributed by atoms with Crippen molar-refractivity contribution < 1.29 is 0 Å². The van der Waals surface area contributed by atoms with Crippen molar-refractivity contribution in [2.24, 2.45) is 0 Å². The summed E-state index contributed by atoms with van der Waals surface area (Å²) < 4.78 is 0. The quantitative estimate of drug-likeness (QED) is 0.509. The van der Waals surface area contributed by atoms with Gasteiger partial charge in [-0.25, -0.2) is 0 Å². The Labute approximate surface area is 113 Å². The topological polar surface area (TPSA) is 3.24 Å². The van der Waals surface area contributed by atoms with Gasteiger partial charge in [-0.1, -0.05) is 70.1 Å². The van der Waals surface area contributed by atoms with Gasteiger partial charge in [0.15, 0.2) is 0 Å². The van der Waals surface area contributed by atoms with E-state index in [2.05, 4.69) is 49.2 Å². The lowest BCUT2D eigenvalue weighted by molar-refractivity contribution is 0.575. The van der Waals surface area contributed by atoms with E-state index in [-0.39, 0.29) is 0 Å². The van der Waals surface area contributed by atoms with E-state index in [4.69, 9.17) is 0 Å². The first kappa shape index (κ1) is 15.1. The molecule has 0 fully saturated rings. The standard InChI is InChI=1S/C17H29N/c1-3-4-5-6-7-8-9-13-16-18(2)17-14-11-10-12-15-17/h10-12,14-15H,3-9,13,16H2,1-2H3. The van der Waals surface area contributed by atoms with Crippen molar-refractivity contribution in [3.05, 3.63) is 30.3 Å². The fourth-order valence-electron chi connectivity index (χ4n) is 2.29. The van der Waals surface area contributed by atoms with E-state index in [0.29, 0.717) is 0 Å². The van der Waals surface area contributed by atoms with Crippen molar-refractivity contribution in [2.75, 3.05) is 18.5 Å². The second-order valence-electron chi connectivity index (χ2n) is 5.23. The van der Waals surface area contributed by atoms with Gasteiger partial charge >= 0.3 is 0 Å². The highest BCUT2D eigenvalue weighted by molar-refractivity contribution is 5.44. The SMILES string of the molecule is CCCCCCCCCCN(C)c1ccccc1. The molecule has 18 heavy (non-hydrogen) atoms. The lowest BCUT2D eigenvalue weighted by Gasteiger charge is -2.18. The van der Waals surface area contributed by atoms with Crippen LogP contribution in [0.2, 0.25) is 0 Å². The zero-order valence-electron chi connectivity index (χ0n) is 12.2. The van der Waals surface area contributed by atoms with Crippen molar-refractivity contribution in [1.82, 2.24) is 0 Å². The molecule has 0 unspecified atom stereocenters. The number of nitrogens with zero attached hydrogens (tertiary/aromatic N) is 1. The molecule has 0 spiro atoms. The first-order valence-electron chi connectivity index (χ1n) is 7.60. The molecule has 0 aliphatic rings. The fourth-order valence-corrected chi connectivity index (χ4v) is 2.29. The highest BCUT2D eigenvalue weighted by atomic mass is 15.1. The second kappa shape index (κ2) is 9.99. The summed E-state index contributed by atoms with van der Waals surface area (Å²) in [5.74, 6) is 0. The summed E-state index contributed by atoms with van der Waals surface area (Å²) in [4.78, 5) is 2.36. The number of hydrogen-bond donors (Lipinski definition) is 0. The summed E-state index contributed by atoms with van der Waals surface area (Å²) >= 11 is 0. The zero-order chi connectivity index (χ0) is 13.1. The van der Waals surface area contributed by atoms with Crippen LogP contribution in [0.3, 0.4) is 0 Å². The van der Waals surface area contributed by atoms with E-state index < -0.39 is 0 Å². The van der Waals surface area contributed by atoms with Gasteiger partial charge in [-0.05, 0) is 18.6 Å². The van der Waals surface area contributed by atoms with Gasteiger partial charge in [0.1, 0.15) is 0 Å². The Bertz CT molecular complexity index is 281. The highest BCUT2D eigenvalue weighted by Crippen LogP contribution is 2.13. The van der Waals surface area contributed by atoms with Crippen molar-refractivity contribution in [2.45, 2.75) is 58.3 Å². The van der Waals surface area contributed by atoms with Crippen LogP contribution >= 0.6 is 0 Å². The van der Waals surface area contributed by atoms with Crippen LogP contribution in [0.25, 0.3) is 0 Å². The van der Waals surface area contributed by atoms with Crippen molar-refractivity contribution in [1.29, 1.82) is 0 Å². The molecule has 0 radical (unpaired) electrons. The molecule has 1 aromatic rings. The third-order valence-corrected chi connectivity index (χ3v) is 3.54. The minimum Gasteiger partial charge on any atom is -0.375 e. The first-order valence-corrected chi connectivity index (χ1v) is 7.60. The predicted octanol–water partition coefficient (Wildman–Crippen LogP) is 5.26. The average molecular weight is 247 g/mol. The Balaban J connectivity index is 1.98. The van der Waals surface area contributed by atoms with Crippen LogP contribution in [0.1, 0.15) is 58.3 Å². The molecule has 1 rings (SSSR count). The van der Waals surface area contributed by atoms with E-state index in [1.165, 1.54) is 63.6 Å². The summed E-state index contributed by atoms with van der Waals surface area (Å²) in [5, 5.41) is 0. The van der Waals surface area contributed by atoms with Crippen molar-refractivity contribution in [3.8, 4) is 0 Å². The lowest BCUT2D eigenvalue weighted by atomic mass is 10.1. The lowest BCUT2D eigenvalue weighted by Crippen LogP contribution is -2.18. The molecule has 102 valence electrons. The molecule has 0 N–H and O–H groups in total. The molecular weight excluding hydrogens is 218 g/mol. The molecule has 1 aromatic carbocycles. The Morgan fingerprint density at radius 1 is 0.778 bits per heavy atom. The fraction of sp³-hybridized carbons (Fsp3) is 0.647. The van der Waals surface area contributed by atoms with Crippen LogP contribution in [0.4, 0.5) is 5.69 Å². The Morgan fingerprint density at radius 2 is 1.33 bits per heavy atom. The van der Waals surface area contributed by atoms with Crippen LogP contribution < -0.4 is 4.90 Å². The Hall–Kier alpha value is -0.980. The van der Waals surface area contributed by atoms with E-state index in [1.807, 2.05) is 0 Å². The summed E-state index contributed by atoms with van der Waals surface area (Å²) in [6.07, 6.45) is 11.2. The molecule has 0 bridgehead atoms. The minimum absolute atomic E-state index is 1.18. The smallest absolute Gasteiger partial charge is 0.0363 e. The number of benzene rings is 1. The highest BCUT2D eigenvalue weighted by Gasteiger charge is 1.98. The summed E-state index contributed by atoms with van der Waals surface area (Å²) in [6, 6.07) is 10.7. The maximum absolute atomic E-state index is 2.36. The van der Waals surface area contributed by atoms with Crippen molar-refractivity contribution in [3.63, 3.8) is 0 Å². The second-order valence-corrected chi connectivity index (χ2v) is 5.23. The monoisotopic (exact) mass is 247 g/mol. The molecule has 0 aliphatic carbocycles. The van der Waals surface area contributed by atoms with Crippen LogP contribution in [0.15, 0.2) is 30.3 Å². The maximum atomic E-state index is 2.36.